The molecule has 1 aliphatic heterocycles. The van der Waals surface area contributed by atoms with E-state index in [0.717, 1.165) is 0 Å². The van der Waals surface area contributed by atoms with Crippen molar-refractivity contribution in [3.63, 3.8) is 0 Å². The standard InChI is InChI=1S/C5H5N4O/c1-10-5-4(2-6)9-8-3-7-5/h3,9H,1H3. The number of nitriles is 1. The van der Waals surface area contributed by atoms with Crippen molar-refractivity contribution in [2.45, 2.75) is 0 Å². The van der Waals surface area contributed by atoms with Crippen molar-refractivity contribution < 1.29 is 4.74 Å². The van der Waals surface area contributed by atoms with Crippen LogP contribution in [0.25, 0.3) is 0 Å². The highest BCUT2D eigenvalue weighted by atomic mass is 16.5. The molecule has 1 rings (SSSR count). The molecule has 0 saturated carbocycles. The van der Waals surface area contributed by atoms with Crippen molar-refractivity contribution in [2.75, 3.05) is 7.11 Å². The van der Waals surface area contributed by atoms with E-state index in [0.29, 0.717) is 0 Å². The molecule has 0 unspecified atom stereocenters. The monoisotopic (exact) mass is 137 g/mol. The minimum Gasteiger partial charge on any atom is -0.479 e. The van der Waals surface area contributed by atoms with Gasteiger partial charge in [-0.05, 0) is 0 Å². The van der Waals surface area contributed by atoms with Crippen LogP contribution >= 0.6 is 0 Å². The normalized spacial score (nSPS) is 15.2. The maximum absolute atomic E-state index is 8.41. The van der Waals surface area contributed by atoms with Crippen LogP contribution in [0.4, 0.5) is 0 Å². The molecule has 1 aliphatic rings. The highest BCUT2D eigenvalue weighted by Crippen LogP contribution is 2.03. The quantitative estimate of drug-likeness (QED) is 0.528. The number of rotatable bonds is 1. The van der Waals surface area contributed by atoms with Crippen molar-refractivity contribution in [1.82, 2.24) is 10.9 Å². The molecule has 0 aromatic heterocycles. The zero-order chi connectivity index (χ0) is 7.40. The number of methoxy groups -OCH3 is 1. The Morgan fingerprint density at radius 1 is 1.80 bits per heavy atom. The first-order valence-electron chi connectivity index (χ1n) is 2.55. The van der Waals surface area contributed by atoms with Gasteiger partial charge in [0, 0.05) is 0 Å². The minimum absolute atomic E-state index is 0.227. The molecule has 0 aromatic carbocycles. The van der Waals surface area contributed by atoms with Gasteiger partial charge in [0.25, 0.3) is 5.88 Å². The Labute approximate surface area is 58.0 Å². The van der Waals surface area contributed by atoms with E-state index in [1.54, 1.807) is 0 Å². The second kappa shape index (κ2) is 2.73. The topological polar surface area (TPSA) is 71.5 Å². The molecule has 0 amide bonds. The average Bonchev–Trinajstić information content (AvgIpc) is 2.04. The van der Waals surface area contributed by atoms with Gasteiger partial charge in [-0.15, -0.1) is 0 Å². The van der Waals surface area contributed by atoms with E-state index in [1.165, 1.54) is 13.4 Å². The van der Waals surface area contributed by atoms with E-state index >= 15 is 0 Å². The molecule has 1 heterocycles. The summed E-state index contributed by atoms with van der Waals surface area (Å²) in [7, 11) is 1.44. The fourth-order valence-electron chi connectivity index (χ4n) is 0.515. The lowest BCUT2D eigenvalue weighted by atomic mass is 10.5. The molecular weight excluding hydrogens is 132 g/mol. The molecule has 51 valence electrons. The van der Waals surface area contributed by atoms with E-state index in [2.05, 4.69) is 15.8 Å². The van der Waals surface area contributed by atoms with Gasteiger partial charge in [0.15, 0.2) is 5.70 Å². The van der Waals surface area contributed by atoms with Crippen LogP contribution < -0.4 is 10.9 Å². The molecule has 0 saturated heterocycles. The first-order valence-corrected chi connectivity index (χ1v) is 2.55. The number of nitrogens with zero attached hydrogens (tertiary/aromatic N) is 3. The molecule has 1 radical (unpaired) electrons. The third-order valence-corrected chi connectivity index (χ3v) is 0.928. The molecular formula is C5H5N4O. The van der Waals surface area contributed by atoms with Crippen LogP contribution in [0.2, 0.25) is 0 Å². The summed E-state index contributed by atoms with van der Waals surface area (Å²) in [5.74, 6) is 0.262. The number of hydrogen-bond donors (Lipinski definition) is 1. The van der Waals surface area contributed by atoms with Crippen LogP contribution in [0.15, 0.2) is 16.6 Å². The Hall–Kier alpha value is -1.70. The molecule has 0 bridgehead atoms. The summed E-state index contributed by atoms with van der Waals surface area (Å²) in [4.78, 5) is 3.68. The Kier molecular flexibility index (Phi) is 1.75. The van der Waals surface area contributed by atoms with E-state index in [4.69, 9.17) is 10.00 Å². The summed E-state index contributed by atoms with van der Waals surface area (Å²) in [5.41, 5.74) is 6.19. The van der Waals surface area contributed by atoms with Crippen molar-refractivity contribution in [3.05, 3.63) is 11.6 Å². The zero-order valence-corrected chi connectivity index (χ0v) is 5.33. The van der Waals surface area contributed by atoms with Crippen LogP contribution in [-0.4, -0.2) is 13.4 Å². The summed E-state index contributed by atoms with van der Waals surface area (Å²) in [6, 6.07) is 1.84. The summed E-state index contributed by atoms with van der Waals surface area (Å²) < 4.78 is 4.73. The summed E-state index contributed by atoms with van der Waals surface area (Å²) >= 11 is 0. The second-order valence-electron chi connectivity index (χ2n) is 1.48. The van der Waals surface area contributed by atoms with Crippen LogP contribution in [0.5, 0.6) is 0 Å². The fraction of sp³-hybridized carbons (Fsp3) is 0.200. The van der Waals surface area contributed by atoms with Gasteiger partial charge in [0.2, 0.25) is 0 Å². The summed E-state index contributed by atoms with van der Waals surface area (Å²) in [6.45, 7) is 0. The molecule has 0 atom stereocenters. The Bertz CT molecular complexity index is 224. The van der Waals surface area contributed by atoms with Crippen LogP contribution in [-0.2, 0) is 4.74 Å². The third-order valence-electron chi connectivity index (χ3n) is 0.928. The van der Waals surface area contributed by atoms with E-state index in [9.17, 15) is 0 Å². The predicted molar refractivity (Wildman–Crippen MR) is 33.4 cm³/mol. The molecule has 5 nitrogen and oxygen atoms in total. The molecule has 5 heteroatoms. The lowest BCUT2D eigenvalue weighted by Crippen LogP contribution is -2.26. The lowest BCUT2D eigenvalue weighted by molar-refractivity contribution is 0.279. The lowest BCUT2D eigenvalue weighted by Gasteiger charge is -2.08. The number of nitrogens with one attached hydrogen (secondary N) is 1. The van der Waals surface area contributed by atoms with Gasteiger partial charge in [-0.25, -0.2) is 0 Å². The van der Waals surface area contributed by atoms with Gasteiger partial charge in [0.05, 0.1) is 7.11 Å². The highest BCUT2D eigenvalue weighted by molar-refractivity contribution is 5.57. The average molecular weight is 137 g/mol. The molecule has 10 heavy (non-hydrogen) atoms. The summed E-state index contributed by atoms with van der Waals surface area (Å²) in [6.07, 6.45) is 1.28. The Morgan fingerprint density at radius 2 is 2.60 bits per heavy atom. The van der Waals surface area contributed by atoms with Gasteiger partial charge in [-0.3, -0.25) is 5.43 Å². The van der Waals surface area contributed by atoms with E-state index in [1.807, 2.05) is 6.07 Å². The largest absolute Gasteiger partial charge is 0.479 e. The minimum atomic E-state index is 0.227. The fourth-order valence-corrected chi connectivity index (χ4v) is 0.515. The van der Waals surface area contributed by atoms with Crippen LogP contribution in [0.3, 0.4) is 0 Å². The van der Waals surface area contributed by atoms with Gasteiger partial charge in [-0.2, -0.15) is 15.7 Å². The number of hydrogen-bond acceptors (Lipinski definition) is 4. The SMILES string of the molecule is COC1=C(C#N)N[N]C=N1. The van der Waals surface area contributed by atoms with Crippen LogP contribution in [0.1, 0.15) is 0 Å². The molecule has 1 N–H and O–H groups in total. The smallest absolute Gasteiger partial charge is 0.251 e. The molecule has 0 aliphatic carbocycles. The van der Waals surface area contributed by atoms with E-state index < -0.39 is 0 Å². The Morgan fingerprint density at radius 3 is 3.10 bits per heavy atom. The maximum Gasteiger partial charge on any atom is 0.251 e. The van der Waals surface area contributed by atoms with Crippen molar-refractivity contribution in [2.24, 2.45) is 4.99 Å². The highest BCUT2D eigenvalue weighted by Gasteiger charge is 2.08. The van der Waals surface area contributed by atoms with Gasteiger partial charge < -0.3 is 4.74 Å². The second-order valence-corrected chi connectivity index (χ2v) is 1.48. The maximum atomic E-state index is 8.41. The van der Waals surface area contributed by atoms with Crippen molar-refractivity contribution in [3.8, 4) is 6.07 Å². The predicted octanol–water partition coefficient (Wildman–Crippen LogP) is -0.524. The van der Waals surface area contributed by atoms with Crippen molar-refractivity contribution in [1.29, 1.82) is 5.26 Å². The number of allylic oxidation sites excluding steroid dienone is 1. The first-order chi connectivity index (χ1) is 4.88. The third kappa shape index (κ3) is 1.00. The van der Waals surface area contributed by atoms with Gasteiger partial charge in [0.1, 0.15) is 12.4 Å². The first kappa shape index (κ1) is 6.42. The van der Waals surface area contributed by atoms with Crippen LogP contribution in [0, 0.1) is 11.3 Å². The van der Waals surface area contributed by atoms with Gasteiger partial charge >= 0.3 is 0 Å². The van der Waals surface area contributed by atoms with E-state index in [-0.39, 0.29) is 11.6 Å². The van der Waals surface area contributed by atoms with Gasteiger partial charge in [-0.1, -0.05) is 0 Å². The Balaban J connectivity index is 2.87. The number of aliphatic imine (C=N–C) groups is 1. The zero-order valence-electron chi connectivity index (χ0n) is 5.33. The molecule has 0 fully saturated rings. The number of ether oxygens (including phenoxy) is 1. The van der Waals surface area contributed by atoms with Crippen molar-refractivity contribution >= 4 is 6.34 Å². The molecule has 0 aromatic rings. The molecule has 0 spiro atoms. The summed E-state index contributed by atoms with van der Waals surface area (Å²) in [5, 5.41) is 8.41.